The largest absolute Gasteiger partial charge is 0.395 e. The first kappa shape index (κ1) is 22.9. The van der Waals surface area contributed by atoms with Gasteiger partial charge in [0.05, 0.1) is 17.7 Å². The summed E-state index contributed by atoms with van der Waals surface area (Å²) in [6.07, 6.45) is 4.26. The summed E-state index contributed by atoms with van der Waals surface area (Å²) in [6.45, 7) is 1.64. The third kappa shape index (κ3) is 5.90. The Kier molecular flexibility index (Phi) is 7.78. The number of hydrogen-bond acceptors (Lipinski definition) is 6. The molecule has 9 heteroatoms. The Morgan fingerprint density at radius 2 is 1.87 bits per heavy atom. The van der Waals surface area contributed by atoms with Crippen LogP contribution < -0.4 is 10.3 Å². The maximum atomic E-state index is 12.8. The number of nitrogens with one attached hydrogen (secondary N) is 1. The summed E-state index contributed by atoms with van der Waals surface area (Å²) in [7, 11) is -1.71. The van der Waals surface area contributed by atoms with Crippen LogP contribution in [0, 0.1) is 0 Å². The fraction of sp³-hybridized carbons (Fsp3) is 0.364. The zero-order chi connectivity index (χ0) is 22.3. The molecule has 0 saturated carbocycles. The van der Waals surface area contributed by atoms with E-state index >= 15 is 0 Å². The van der Waals surface area contributed by atoms with Gasteiger partial charge < -0.3 is 10.0 Å². The van der Waals surface area contributed by atoms with Crippen molar-refractivity contribution in [3.63, 3.8) is 0 Å². The van der Waals surface area contributed by atoms with Gasteiger partial charge in [-0.25, -0.2) is 13.8 Å². The molecule has 1 aliphatic rings. The molecule has 0 atom stereocenters. The topological polar surface area (TPSA) is 102 Å². The highest BCUT2D eigenvalue weighted by atomic mass is 32.2. The molecule has 0 unspecified atom stereocenters. The fourth-order valence-electron chi connectivity index (χ4n) is 3.38. The molecule has 1 amide bonds. The van der Waals surface area contributed by atoms with E-state index in [4.69, 9.17) is 5.11 Å². The van der Waals surface area contributed by atoms with Crippen molar-refractivity contribution in [1.82, 2.24) is 9.73 Å². The second kappa shape index (κ2) is 10.5. The molecule has 8 nitrogen and oxygen atoms in total. The maximum absolute atomic E-state index is 12.8. The number of sulfonamides is 1. The van der Waals surface area contributed by atoms with Crippen LogP contribution in [0.25, 0.3) is 0 Å². The van der Waals surface area contributed by atoms with E-state index in [1.807, 2.05) is 36.2 Å². The van der Waals surface area contributed by atoms with Crippen molar-refractivity contribution in [3.05, 3.63) is 59.7 Å². The molecule has 2 N–H and O–H groups in total. The maximum Gasteiger partial charge on any atom is 0.271 e. The predicted molar refractivity (Wildman–Crippen MR) is 121 cm³/mol. The van der Waals surface area contributed by atoms with Gasteiger partial charge in [-0.2, -0.15) is 9.41 Å². The highest BCUT2D eigenvalue weighted by Crippen LogP contribution is 2.21. The van der Waals surface area contributed by atoms with Crippen molar-refractivity contribution in [2.45, 2.75) is 24.2 Å². The van der Waals surface area contributed by atoms with Crippen LogP contribution in [0.3, 0.4) is 0 Å². The van der Waals surface area contributed by atoms with E-state index in [0.717, 1.165) is 30.5 Å². The van der Waals surface area contributed by atoms with Crippen molar-refractivity contribution in [3.8, 4) is 0 Å². The summed E-state index contributed by atoms with van der Waals surface area (Å²) in [5, 5.41) is 13.0. The predicted octanol–water partition coefficient (Wildman–Crippen LogP) is 2.05. The number of piperidine rings is 1. The van der Waals surface area contributed by atoms with Crippen molar-refractivity contribution >= 4 is 27.8 Å². The molecule has 1 saturated heterocycles. The van der Waals surface area contributed by atoms with Crippen molar-refractivity contribution in [1.29, 1.82) is 0 Å². The van der Waals surface area contributed by atoms with E-state index in [0.29, 0.717) is 19.6 Å². The number of anilines is 1. The molecule has 0 spiro atoms. The Hall–Kier alpha value is -2.75. The summed E-state index contributed by atoms with van der Waals surface area (Å²) >= 11 is 0. The molecule has 3 rings (SSSR count). The number of aliphatic hydroxyl groups excluding tert-OH is 1. The van der Waals surface area contributed by atoms with Crippen LogP contribution in [0.5, 0.6) is 0 Å². The van der Waals surface area contributed by atoms with Crippen LogP contribution in [0.1, 0.15) is 35.2 Å². The molecule has 0 aromatic heterocycles. The number of rotatable bonds is 8. The number of nitrogens with zero attached hydrogens (tertiary/aromatic N) is 3. The zero-order valence-electron chi connectivity index (χ0n) is 17.6. The molecule has 2 aromatic carbocycles. The number of benzene rings is 2. The lowest BCUT2D eigenvalue weighted by atomic mass is 10.2. The summed E-state index contributed by atoms with van der Waals surface area (Å²) in [4.78, 5) is 14.5. The summed E-state index contributed by atoms with van der Waals surface area (Å²) in [5.74, 6) is -0.480. The second-order valence-corrected chi connectivity index (χ2v) is 9.37. The third-order valence-corrected chi connectivity index (χ3v) is 7.09. The lowest BCUT2D eigenvalue weighted by molar-refractivity contribution is 0.0955. The van der Waals surface area contributed by atoms with E-state index in [2.05, 4.69) is 10.5 Å². The smallest absolute Gasteiger partial charge is 0.271 e. The highest BCUT2D eigenvalue weighted by Gasteiger charge is 2.26. The Morgan fingerprint density at radius 1 is 1.16 bits per heavy atom. The van der Waals surface area contributed by atoms with Crippen LogP contribution in [-0.2, 0) is 10.0 Å². The molecule has 2 aromatic rings. The number of carbonyl (C=O) groups excluding carboxylic acids is 1. The third-order valence-electron chi connectivity index (χ3n) is 5.20. The molecule has 166 valence electrons. The first-order valence-electron chi connectivity index (χ1n) is 10.3. The molecule has 1 aliphatic heterocycles. The Balaban J connectivity index is 1.64. The van der Waals surface area contributed by atoms with E-state index in [1.165, 1.54) is 22.7 Å². The first-order valence-corrected chi connectivity index (χ1v) is 11.7. The number of amides is 1. The highest BCUT2D eigenvalue weighted by molar-refractivity contribution is 7.89. The van der Waals surface area contributed by atoms with Gasteiger partial charge in [-0.05, 0) is 48.7 Å². The second-order valence-electron chi connectivity index (χ2n) is 7.43. The van der Waals surface area contributed by atoms with Crippen molar-refractivity contribution in [2.75, 3.05) is 38.2 Å². The van der Waals surface area contributed by atoms with Crippen LogP contribution in [0.15, 0.2) is 58.5 Å². The van der Waals surface area contributed by atoms with Gasteiger partial charge in [0.2, 0.25) is 10.0 Å². The normalized spacial score (nSPS) is 15.2. The minimum atomic E-state index is -3.60. The van der Waals surface area contributed by atoms with Gasteiger partial charge in [-0.15, -0.1) is 0 Å². The summed E-state index contributed by atoms with van der Waals surface area (Å²) < 4.78 is 27.1. The number of likely N-dealkylation sites (N-methyl/N-ethyl adjacent to an activating group) is 1. The van der Waals surface area contributed by atoms with Gasteiger partial charge in [0, 0.05) is 37.9 Å². The Bertz CT molecular complexity index is 1020. The summed E-state index contributed by atoms with van der Waals surface area (Å²) in [6, 6.07) is 13.5. The summed E-state index contributed by atoms with van der Waals surface area (Å²) in [5.41, 5.74) is 4.43. The van der Waals surface area contributed by atoms with Crippen LogP contribution >= 0.6 is 0 Å². The van der Waals surface area contributed by atoms with Gasteiger partial charge in [-0.1, -0.05) is 24.6 Å². The lowest BCUT2D eigenvalue weighted by Gasteiger charge is -2.25. The van der Waals surface area contributed by atoms with Gasteiger partial charge >= 0.3 is 0 Å². The minimum absolute atomic E-state index is 0.0757. The molecular weight excluding hydrogens is 416 g/mol. The zero-order valence-corrected chi connectivity index (χ0v) is 18.4. The van der Waals surface area contributed by atoms with Gasteiger partial charge in [0.25, 0.3) is 5.91 Å². The molecule has 0 aliphatic carbocycles. The Morgan fingerprint density at radius 3 is 2.55 bits per heavy atom. The van der Waals surface area contributed by atoms with Crippen molar-refractivity contribution in [2.24, 2.45) is 5.10 Å². The number of carbonyl (C=O) groups is 1. The number of hydrazone groups is 1. The molecule has 0 bridgehead atoms. The van der Waals surface area contributed by atoms with E-state index < -0.39 is 15.9 Å². The SMILES string of the molecule is CN(CCO)c1ccc(C=NNC(=O)c2cccc(S(=O)(=O)N3CCCCC3)c2)cc1. The van der Waals surface area contributed by atoms with Gasteiger partial charge in [0.15, 0.2) is 0 Å². The lowest BCUT2D eigenvalue weighted by Crippen LogP contribution is -2.35. The monoisotopic (exact) mass is 444 g/mol. The fourth-order valence-corrected chi connectivity index (χ4v) is 4.94. The van der Waals surface area contributed by atoms with Crippen molar-refractivity contribution < 1.29 is 18.3 Å². The van der Waals surface area contributed by atoms with E-state index in [9.17, 15) is 13.2 Å². The Labute approximate surface area is 183 Å². The first-order chi connectivity index (χ1) is 14.9. The van der Waals surface area contributed by atoms with Crippen LogP contribution in [0.2, 0.25) is 0 Å². The average molecular weight is 445 g/mol. The quantitative estimate of drug-likeness (QED) is 0.479. The number of hydrogen-bond donors (Lipinski definition) is 2. The number of aliphatic hydroxyl groups is 1. The van der Waals surface area contributed by atoms with E-state index in [1.54, 1.807) is 12.1 Å². The van der Waals surface area contributed by atoms with Gasteiger partial charge in [-0.3, -0.25) is 4.79 Å². The van der Waals surface area contributed by atoms with E-state index in [-0.39, 0.29) is 17.1 Å². The molecular formula is C22H28N4O4S. The standard InChI is InChI=1S/C22H28N4O4S/c1-25(14-15-27)20-10-8-18(9-11-20)17-23-24-22(28)19-6-5-7-21(16-19)31(29,30)26-12-3-2-4-13-26/h5-11,16-17,27H,2-4,12-15H2,1H3,(H,24,28). The van der Waals surface area contributed by atoms with Crippen LogP contribution in [0.4, 0.5) is 5.69 Å². The molecule has 31 heavy (non-hydrogen) atoms. The molecule has 1 fully saturated rings. The van der Waals surface area contributed by atoms with Gasteiger partial charge in [0.1, 0.15) is 0 Å². The average Bonchev–Trinajstić information content (AvgIpc) is 2.80. The molecule has 0 radical (unpaired) electrons. The molecule has 1 heterocycles. The van der Waals surface area contributed by atoms with Crippen LogP contribution in [-0.4, -0.2) is 63.2 Å². The minimum Gasteiger partial charge on any atom is -0.395 e.